The number of halogens is 5. The molecule has 11 heteroatoms. The third-order valence-electron chi connectivity index (χ3n) is 6.09. The fourth-order valence-corrected chi connectivity index (χ4v) is 4.20. The molecule has 2 heterocycles. The average molecular weight is 463 g/mol. The van der Waals surface area contributed by atoms with Gasteiger partial charge in [-0.1, -0.05) is 13.0 Å². The number of alkyl halides is 3. The molecule has 0 aliphatic carbocycles. The van der Waals surface area contributed by atoms with Crippen LogP contribution < -0.4 is 10.6 Å². The second-order valence-corrected chi connectivity index (χ2v) is 8.07. The normalized spacial score (nSPS) is 25.3. The number of ether oxygens (including phenoxy) is 1. The molecule has 0 radical (unpaired) electrons. The van der Waals surface area contributed by atoms with Gasteiger partial charge in [0.25, 0.3) is 0 Å². The predicted molar refractivity (Wildman–Crippen MR) is 105 cm³/mol. The Labute approximate surface area is 182 Å². The van der Waals surface area contributed by atoms with E-state index < -0.39 is 47.9 Å². The second-order valence-electron chi connectivity index (χ2n) is 8.07. The van der Waals surface area contributed by atoms with Crippen LogP contribution in [0.3, 0.4) is 0 Å². The Hall–Kier alpha value is -2.43. The smallest absolute Gasteiger partial charge is 0.368 e. The quantitative estimate of drug-likeness (QED) is 0.672. The third-order valence-corrected chi connectivity index (χ3v) is 6.09. The van der Waals surface area contributed by atoms with Gasteiger partial charge in [-0.05, 0) is 32.3 Å². The molecule has 2 aliphatic heterocycles. The number of hydrogen-bond donors (Lipinski definition) is 2. The van der Waals surface area contributed by atoms with Crippen LogP contribution in [0.4, 0.5) is 26.7 Å². The topological polar surface area (TPSA) is 70.7 Å². The molecular formula is C21H26F5N3O3. The first kappa shape index (κ1) is 24.2. The van der Waals surface area contributed by atoms with Gasteiger partial charge in [0.05, 0.1) is 12.6 Å². The van der Waals surface area contributed by atoms with Crippen molar-refractivity contribution >= 4 is 11.9 Å². The Morgan fingerprint density at radius 2 is 2.03 bits per heavy atom. The van der Waals surface area contributed by atoms with Gasteiger partial charge in [0.1, 0.15) is 17.7 Å². The molecule has 2 saturated heterocycles. The molecule has 0 saturated carbocycles. The highest BCUT2D eigenvalue weighted by Gasteiger charge is 2.45. The SMILES string of the molecule is CCc1c(F)ccc(C(NC(=O)N2CCNC(=O)C2C)C2CCC(C(F)(F)F)OC2)c1F. The fraction of sp³-hybridized carbons (Fsp3) is 0.619. The van der Waals surface area contributed by atoms with Crippen molar-refractivity contribution in [2.45, 2.75) is 57.5 Å². The van der Waals surface area contributed by atoms with Crippen molar-refractivity contribution in [1.82, 2.24) is 15.5 Å². The molecular weight excluding hydrogens is 437 g/mol. The van der Waals surface area contributed by atoms with E-state index in [1.54, 1.807) is 6.92 Å². The summed E-state index contributed by atoms with van der Waals surface area (Å²) < 4.78 is 73.1. The van der Waals surface area contributed by atoms with E-state index in [0.29, 0.717) is 0 Å². The van der Waals surface area contributed by atoms with Crippen LogP contribution in [0.15, 0.2) is 12.1 Å². The van der Waals surface area contributed by atoms with E-state index in [0.717, 1.165) is 6.07 Å². The summed E-state index contributed by atoms with van der Waals surface area (Å²) in [5, 5.41) is 5.30. The number of carbonyl (C=O) groups excluding carboxylic acids is 2. The molecule has 6 nitrogen and oxygen atoms in total. The highest BCUT2D eigenvalue weighted by Crippen LogP contribution is 2.38. The van der Waals surface area contributed by atoms with Crippen LogP contribution in [0, 0.1) is 17.6 Å². The number of carbonyl (C=O) groups is 2. The first-order chi connectivity index (χ1) is 15.0. The van der Waals surface area contributed by atoms with E-state index in [-0.39, 0.29) is 56.0 Å². The zero-order valence-electron chi connectivity index (χ0n) is 17.8. The molecule has 3 amide bonds. The zero-order valence-corrected chi connectivity index (χ0v) is 17.8. The molecule has 4 unspecified atom stereocenters. The van der Waals surface area contributed by atoms with Crippen molar-refractivity contribution in [3.63, 3.8) is 0 Å². The maximum Gasteiger partial charge on any atom is 0.414 e. The largest absolute Gasteiger partial charge is 0.414 e. The van der Waals surface area contributed by atoms with E-state index in [1.807, 2.05) is 0 Å². The monoisotopic (exact) mass is 463 g/mol. The van der Waals surface area contributed by atoms with Gasteiger partial charge < -0.3 is 20.3 Å². The average Bonchev–Trinajstić information content (AvgIpc) is 2.74. The maximum atomic E-state index is 15.1. The molecule has 2 fully saturated rings. The number of nitrogens with one attached hydrogen (secondary N) is 2. The zero-order chi connectivity index (χ0) is 23.6. The van der Waals surface area contributed by atoms with Gasteiger partial charge in [-0.15, -0.1) is 0 Å². The molecule has 3 rings (SSSR count). The van der Waals surface area contributed by atoms with Gasteiger partial charge in [0, 0.05) is 30.1 Å². The van der Waals surface area contributed by atoms with E-state index in [1.165, 1.54) is 17.9 Å². The van der Waals surface area contributed by atoms with Crippen molar-refractivity contribution in [2.24, 2.45) is 5.92 Å². The van der Waals surface area contributed by atoms with Crippen LogP contribution >= 0.6 is 0 Å². The molecule has 0 bridgehead atoms. The maximum absolute atomic E-state index is 15.1. The molecule has 178 valence electrons. The van der Waals surface area contributed by atoms with Gasteiger partial charge >= 0.3 is 12.2 Å². The number of rotatable bonds is 4. The number of nitrogens with zero attached hydrogens (tertiary/aromatic N) is 1. The molecule has 2 N–H and O–H groups in total. The lowest BCUT2D eigenvalue weighted by atomic mass is 9.86. The molecule has 32 heavy (non-hydrogen) atoms. The number of urea groups is 1. The van der Waals surface area contributed by atoms with Gasteiger partial charge in [-0.25, -0.2) is 13.6 Å². The fourth-order valence-electron chi connectivity index (χ4n) is 4.20. The Kier molecular flexibility index (Phi) is 7.26. The predicted octanol–water partition coefficient (Wildman–Crippen LogP) is 3.46. The van der Waals surface area contributed by atoms with Gasteiger partial charge in [-0.2, -0.15) is 13.2 Å². The Balaban J connectivity index is 1.89. The van der Waals surface area contributed by atoms with Crippen molar-refractivity contribution in [2.75, 3.05) is 19.7 Å². The first-order valence-corrected chi connectivity index (χ1v) is 10.5. The van der Waals surface area contributed by atoms with Crippen molar-refractivity contribution in [1.29, 1.82) is 0 Å². The summed E-state index contributed by atoms with van der Waals surface area (Å²) in [6, 6.07) is -0.213. The van der Waals surface area contributed by atoms with Gasteiger partial charge in [-0.3, -0.25) is 4.79 Å². The molecule has 0 aromatic heterocycles. The first-order valence-electron chi connectivity index (χ1n) is 10.5. The molecule has 1 aromatic rings. The summed E-state index contributed by atoms with van der Waals surface area (Å²) in [6.07, 6.45) is -6.70. The van der Waals surface area contributed by atoms with Crippen molar-refractivity contribution in [3.05, 3.63) is 34.9 Å². The van der Waals surface area contributed by atoms with E-state index in [2.05, 4.69) is 10.6 Å². The van der Waals surface area contributed by atoms with Crippen LogP contribution in [0.1, 0.15) is 43.9 Å². The Bertz CT molecular complexity index is 856. The van der Waals surface area contributed by atoms with Crippen LogP contribution in [0.25, 0.3) is 0 Å². The van der Waals surface area contributed by atoms with Gasteiger partial charge in [0.2, 0.25) is 5.91 Å². The van der Waals surface area contributed by atoms with Crippen LogP contribution in [0.2, 0.25) is 0 Å². The van der Waals surface area contributed by atoms with Crippen molar-refractivity contribution < 1.29 is 36.3 Å². The summed E-state index contributed by atoms with van der Waals surface area (Å²) >= 11 is 0. The lowest BCUT2D eigenvalue weighted by molar-refractivity contribution is -0.236. The minimum absolute atomic E-state index is 0.0173. The van der Waals surface area contributed by atoms with E-state index in [9.17, 15) is 27.2 Å². The Morgan fingerprint density at radius 1 is 1.31 bits per heavy atom. The Morgan fingerprint density at radius 3 is 2.62 bits per heavy atom. The summed E-state index contributed by atoms with van der Waals surface area (Å²) in [5.74, 6) is -2.60. The summed E-state index contributed by atoms with van der Waals surface area (Å²) in [6.45, 7) is 3.21. The summed E-state index contributed by atoms with van der Waals surface area (Å²) in [4.78, 5) is 26.1. The lowest BCUT2D eigenvalue weighted by Crippen LogP contribution is -2.59. The number of hydrogen-bond acceptors (Lipinski definition) is 3. The summed E-state index contributed by atoms with van der Waals surface area (Å²) in [5.41, 5.74) is -0.192. The van der Waals surface area contributed by atoms with E-state index in [4.69, 9.17) is 4.74 Å². The minimum Gasteiger partial charge on any atom is -0.368 e. The third kappa shape index (κ3) is 4.97. The lowest BCUT2D eigenvalue weighted by Gasteiger charge is -2.38. The van der Waals surface area contributed by atoms with Crippen LogP contribution in [-0.2, 0) is 16.0 Å². The van der Waals surface area contributed by atoms with Crippen LogP contribution in [-0.4, -0.2) is 54.9 Å². The molecule has 2 aliphatic rings. The molecule has 0 spiro atoms. The molecule has 4 atom stereocenters. The number of amides is 3. The highest BCUT2D eigenvalue weighted by atomic mass is 19.4. The molecule has 1 aromatic carbocycles. The van der Waals surface area contributed by atoms with E-state index >= 15 is 4.39 Å². The number of benzene rings is 1. The highest BCUT2D eigenvalue weighted by molar-refractivity contribution is 5.88. The van der Waals surface area contributed by atoms with Crippen molar-refractivity contribution in [3.8, 4) is 0 Å². The summed E-state index contributed by atoms with van der Waals surface area (Å²) in [7, 11) is 0. The van der Waals surface area contributed by atoms with Gasteiger partial charge in [0.15, 0.2) is 6.10 Å². The van der Waals surface area contributed by atoms with Crippen LogP contribution in [0.5, 0.6) is 0 Å². The minimum atomic E-state index is -4.52. The second kappa shape index (κ2) is 9.60. The standard InChI is InChI=1S/C21H26F5N3O3/c1-3-13-15(22)6-5-14(17(13)23)18(12-4-7-16(32-10-12)21(24,25)26)28-20(31)29-9-8-27-19(30)11(29)2/h5-6,11-12,16,18H,3-4,7-10H2,1-2H3,(H,27,30)(H,28,31). The number of piperazine rings is 1.